The molecule has 0 aliphatic heterocycles. The van der Waals surface area contributed by atoms with Crippen molar-refractivity contribution in [3.8, 4) is 5.69 Å². The van der Waals surface area contributed by atoms with E-state index in [0.717, 1.165) is 33.9 Å². The van der Waals surface area contributed by atoms with E-state index in [2.05, 4.69) is 48.8 Å². The second-order valence-electron chi connectivity index (χ2n) is 6.36. The van der Waals surface area contributed by atoms with Crippen LogP contribution in [0.15, 0.2) is 46.0 Å². The Morgan fingerprint density at radius 2 is 1.89 bits per heavy atom. The van der Waals surface area contributed by atoms with Gasteiger partial charge in [-0.25, -0.2) is 4.68 Å². The highest BCUT2D eigenvalue weighted by molar-refractivity contribution is 9.11. The van der Waals surface area contributed by atoms with Gasteiger partial charge in [0.25, 0.3) is 0 Å². The smallest absolute Gasteiger partial charge is 0.306 e. The van der Waals surface area contributed by atoms with Crippen LogP contribution in [0.5, 0.6) is 0 Å². The molecule has 0 N–H and O–H groups in total. The summed E-state index contributed by atoms with van der Waals surface area (Å²) in [5.41, 5.74) is 1.50. The van der Waals surface area contributed by atoms with Crippen LogP contribution >= 0.6 is 31.9 Å². The summed E-state index contributed by atoms with van der Waals surface area (Å²) in [5.74, 6) is -0.180. The van der Waals surface area contributed by atoms with Crippen molar-refractivity contribution in [2.45, 2.75) is 58.0 Å². The SMILES string of the molecule is C=CCCCCCCCCC(=O)OCc1cn(-c2ccc(Br)cc2Br)nn1. The first-order valence-electron chi connectivity index (χ1n) is 9.23. The van der Waals surface area contributed by atoms with Crippen molar-refractivity contribution in [1.82, 2.24) is 15.0 Å². The first-order chi connectivity index (χ1) is 13.1. The molecule has 0 spiro atoms. The summed E-state index contributed by atoms with van der Waals surface area (Å²) in [7, 11) is 0. The van der Waals surface area contributed by atoms with Crippen molar-refractivity contribution >= 4 is 37.8 Å². The van der Waals surface area contributed by atoms with Crippen LogP contribution in [0.4, 0.5) is 0 Å². The number of allylic oxidation sites excluding steroid dienone is 1. The van der Waals surface area contributed by atoms with Gasteiger partial charge in [-0.1, -0.05) is 52.9 Å². The summed E-state index contributed by atoms with van der Waals surface area (Å²) in [4.78, 5) is 11.9. The third-order valence-corrected chi connectivity index (χ3v) is 5.25. The highest BCUT2D eigenvalue weighted by Gasteiger charge is 2.09. The second kappa shape index (κ2) is 12.1. The summed E-state index contributed by atoms with van der Waals surface area (Å²) >= 11 is 6.93. The van der Waals surface area contributed by atoms with Gasteiger partial charge in [-0.2, -0.15) is 0 Å². The Hall–Kier alpha value is -1.47. The predicted molar refractivity (Wildman–Crippen MR) is 114 cm³/mol. The number of aromatic nitrogens is 3. The minimum absolute atomic E-state index is 0.147. The van der Waals surface area contributed by atoms with Crippen molar-refractivity contribution in [2.75, 3.05) is 0 Å². The number of halogens is 2. The molecule has 1 aromatic carbocycles. The molecule has 0 aliphatic rings. The number of unbranched alkanes of at least 4 members (excludes halogenated alkanes) is 6. The van der Waals surface area contributed by atoms with Crippen molar-refractivity contribution < 1.29 is 9.53 Å². The molecule has 7 heteroatoms. The lowest BCUT2D eigenvalue weighted by molar-refractivity contribution is -0.145. The Labute approximate surface area is 177 Å². The van der Waals surface area contributed by atoms with Crippen molar-refractivity contribution in [1.29, 1.82) is 0 Å². The molecule has 0 amide bonds. The third-order valence-electron chi connectivity index (χ3n) is 4.12. The molecular weight excluding hydrogens is 474 g/mol. The van der Waals surface area contributed by atoms with E-state index >= 15 is 0 Å². The minimum Gasteiger partial charge on any atom is -0.459 e. The fourth-order valence-electron chi connectivity index (χ4n) is 2.64. The zero-order valence-electron chi connectivity index (χ0n) is 15.4. The van der Waals surface area contributed by atoms with Gasteiger partial charge < -0.3 is 4.74 Å². The second-order valence-corrected chi connectivity index (χ2v) is 8.13. The first-order valence-corrected chi connectivity index (χ1v) is 10.8. The van der Waals surface area contributed by atoms with Crippen LogP contribution in [-0.4, -0.2) is 21.0 Å². The molecule has 2 aromatic rings. The molecule has 5 nitrogen and oxygen atoms in total. The average molecular weight is 499 g/mol. The largest absolute Gasteiger partial charge is 0.459 e. The van der Waals surface area contributed by atoms with Crippen LogP contribution in [0.1, 0.15) is 57.1 Å². The number of carbonyl (C=O) groups excluding carboxylic acids is 1. The zero-order valence-corrected chi connectivity index (χ0v) is 18.5. The molecule has 0 atom stereocenters. The molecule has 0 unspecified atom stereocenters. The number of rotatable bonds is 12. The van der Waals surface area contributed by atoms with Crippen LogP contribution in [0.3, 0.4) is 0 Å². The average Bonchev–Trinajstić information content (AvgIpc) is 3.11. The number of esters is 1. The van der Waals surface area contributed by atoms with Gasteiger partial charge in [0.15, 0.2) is 0 Å². The molecule has 0 saturated carbocycles. The van der Waals surface area contributed by atoms with Gasteiger partial charge in [-0.15, -0.1) is 11.7 Å². The number of nitrogens with zero attached hydrogens (tertiary/aromatic N) is 3. The van der Waals surface area contributed by atoms with E-state index in [9.17, 15) is 4.79 Å². The maximum Gasteiger partial charge on any atom is 0.306 e. The Morgan fingerprint density at radius 3 is 2.63 bits per heavy atom. The zero-order chi connectivity index (χ0) is 19.5. The lowest BCUT2D eigenvalue weighted by atomic mass is 10.1. The molecule has 1 aromatic heterocycles. The van der Waals surface area contributed by atoms with E-state index in [-0.39, 0.29) is 12.6 Å². The number of benzene rings is 1. The van der Waals surface area contributed by atoms with E-state index < -0.39 is 0 Å². The van der Waals surface area contributed by atoms with Crippen LogP contribution in [0.25, 0.3) is 5.69 Å². The predicted octanol–water partition coefficient (Wildman–Crippen LogP) is 6.14. The summed E-state index contributed by atoms with van der Waals surface area (Å²) in [5, 5.41) is 8.17. The van der Waals surface area contributed by atoms with E-state index in [4.69, 9.17) is 4.74 Å². The van der Waals surface area contributed by atoms with Crippen LogP contribution in [0.2, 0.25) is 0 Å². The van der Waals surface area contributed by atoms with E-state index in [0.29, 0.717) is 12.1 Å². The van der Waals surface area contributed by atoms with Gasteiger partial charge in [-0.3, -0.25) is 4.79 Å². The highest BCUT2D eigenvalue weighted by atomic mass is 79.9. The molecule has 27 heavy (non-hydrogen) atoms. The van der Waals surface area contributed by atoms with Crippen LogP contribution in [0, 0.1) is 0 Å². The number of hydrogen-bond acceptors (Lipinski definition) is 4. The Kier molecular flexibility index (Phi) is 9.77. The lowest BCUT2D eigenvalue weighted by Crippen LogP contribution is -2.04. The van der Waals surface area contributed by atoms with Gasteiger partial charge >= 0.3 is 5.97 Å². The third kappa shape index (κ3) is 7.97. The van der Waals surface area contributed by atoms with Gasteiger partial charge in [0.1, 0.15) is 12.3 Å². The molecule has 0 radical (unpaired) electrons. The summed E-state index contributed by atoms with van der Waals surface area (Å²) < 4.78 is 8.83. The quantitative estimate of drug-likeness (QED) is 0.200. The number of hydrogen-bond donors (Lipinski definition) is 0. The van der Waals surface area contributed by atoms with Crippen molar-refractivity contribution in [2.24, 2.45) is 0 Å². The maximum absolute atomic E-state index is 11.9. The summed E-state index contributed by atoms with van der Waals surface area (Å²) in [6.07, 6.45) is 12.1. The summed E-state index contributed by atoms with van der Waals surface area (Å²) in [6, 6.07) is 5.80. The fourth-order valence-corrected chi connectivity index (χ4v) is 3.87. The lowest BCUT2D eigenvalue weighted by Gasteiger charge is -2.04. The molecule has 2 rings (SSSR count). The van der Waals surface area contributed by atoms with Crippen molar-refractivity contribution in [3.63, 3.8) is 0 Å². The Balaban J connectivity index is 1.66. The molecule has 1 heterocycles. The van der Waals surface area contributed by atoms with Crippen molar-refractivity contribution in [3.05, 3.63) is 51.7 Å². The van der Waals surface area contributed by atoms with E-state index in [1.807, 2.05) is 24.3 Å². The number of ether oxygens (including phenoxy) is 1. The van der Waals surface area contributed by atoms with Crippen LogP contribution in [-0.2, 0) is 16.1 Å². The van der Waals surface area contributed by atoms with E-state index in [1.54, 1.807) is 10.9 Å². The maximum atomic E-state index is 11.9. The van der Waals surface area contributed by atoms with Gasteiger partial charge in [0.2, 0.25) is 0 Å². The standard InChI is InChI=1S/C20H25Br2N3O2/c1-2-3-4-5-6-7-8-9-10-20(26)27-15-17-14-25(24-23-17)19-12-11-16(21)13-18(19)22/h2,11-14H,1,3-10,15H2. The topological polar surface area (TPSA) is 57.0 Å². The molecule has 0 fully saturated rings. The van der Waals surface area contributed by atoms with E-state index in [1.165, 1.54) is 25.7 Å². The molecular formula is C20H25Br2N3O2. The molecule has 146 valence electrons. The molecule has 0 aliphatic carbocycles. The van der Waals surface area contributed by atoms with Gasteiger partial charge in [0.05, 0.1) is 11.9 Å². The fraction of sp³-hybridized carbons (Fsp3) is 0.450. The monoisotopic (exact) mass is 497 g/mol. The molecule has 0 saturated heterocycles. The normalized spacial score (nSPS) is 10.7. The van der Waals surface area contributed by atoms with Crippen LogP contribution < -0.4 is 0 Å². The molecule has 0 bridgehead atoms. The first kappa shape index (κ1) is 21.8. The Bertz CT molecular complexity index is 747. The highest BCUT2D eigenvalue weighted by Crippen LogP contribution is 2.24. The Morgan fingerprint density at radius 1 is 1.15 bits per heavy atom. The minimum atomic E-state index is -0.180. The van der Waals surface area contributed by atoms with Gasteiger partial charge in [0, 0.05) is 15.4 Å². The number of carbonyl (C=O) groups is 1. The van der Waals surface area contributed by atoms with Gasteiger partial charge in [-0.05, 0) is 53.4 Å². The summed E-state index contributed by atoms with van der Waals surface area (Å²) in [6.45, 7) is 3.87.